The Bertz CT molecular complexity index is 486. The summed E-state index contributed by atoms with van der Waals surface area (Å²) in [5, 5.41) is 4.26. The number of ether oxygens (including phenoxy) is 1. The van der Waals surface area contributed by atoms with Crippen LogP contribution in [0.15, 0.2) is 22.7 Å². The lowest BCUT2D eigenvalue weighted by atomic mass is 10.3. The first-order valence-corrected chi connectivity index (χ1v) is 6.61. The van der Waals surface area contributed by atoms with Crippen molar-refractivity contribution in [1.82, 2.24) is 4.98 Å². The molecule has 1 aromatic carbocycles. The summed E-state index contributed by atoms with van der Waals surface area (Å²) >= 11 is 5.11. The van der Waals surface area contributed by atoms with Gasteiger partial charge in [0.2, 0.25) is 0 Å². The second-order valence-corrected chi connectivity index (χ2v) is 5.58. The number of benzene rings is 1. The fraction of sp³-hybridized carbons (Fsp3) is 0.364. The van der Waals surface area contributed by atoms with Gasteiger partial charge >= 0.3 is 0 Å². The van der Waals surface area contributed by atoms with Gasteiger partial charge in [0.05, 0.1) is 16.8 Å². The number of methoxy groups -OCH3 is 1. The van der Waals surface area contributed by atoms with Crippen molar-refractivity contribution in [2.75, 3.05) is 19.0 Å². The van der Waals surface area contributed by atoms with Crippen LogP contribution in [-0.4, -0.2) is 24.7 Å². The standard InChI is InChI=1S/C11H13BrN2OS/c1-7(6-15-2)13-11-14-9-4-3-8(12)5-10(9)16-11/h3-5,7H,6H2,1-2H3,(H,13,14). The van der Waals surface area contributed by atoms with Crippen molar-refractivity contribution in [3.05, 3.63) is 22.7 Å². The van der Waals surface area contributed by atoms with Crippen molar-refractivity contribution < 1.29 is 4.74 Å². The van der Waals surface area contributed by atoms with Crippen molar-refractivity contribution in [1.29, 1.82) is 0 Å². The molecule has 86 valence electrons. The van der Waals surface area contributed by atoms with Crippen LogP contribution in [0.3, 0.4) is 0 Å². The van der Waals surface area contributed by atoms with Crippen LogP contribution < -0.4 is 5.32 Å². The second-order valence-electron chi connectivity index (χ2n) is 3.63. The highest BCUT2D eigenvalue weighted by Gasteiger charge is 2.07. The van der Waals surface area contributed by atoms with Crippen LogP contribution in [0.4, 0.5) is 5.13 Å². The molecule has 0 amide bonds. The highest BCUT2D eigenvalue weighted by atomic mass is 79.9. The molecule has 1 atom stereocenters. The van der Waals surface area contributed by atoms with Crippen LogP contribution in [-0.2, 0) is 4.74 Å². The number of thiazole rings is 1. The van der Waals surface area contributed by atoms with Gasteiger partial charge in [-0.25, -0.2) is 4.98 Å². The number of nitrogens with one attached hydrogen (secondary N) is 1. The molecule has 16 heavy (non-hydrogen) atoms. The molecule has 0 aliphatic carbocycles. The van der Waals surface area contributed by atoms with E-state index in [0.29, 0.717) is 6.61 Å². The lowest BCUT2D eigenvalue weighted by Gasteiger charge is -2.10. The Morgan fingerprint density at radius 1 is 1.56 bits per heavy atom. The summed E-state index contributed by atoms with van der Waals surface area (Å²) in [7, 11) is 1.70. The molecule has 1 N–H and O–H groups in total. The van der Waals surface area contributed by atoms with E-state index in [-0.39, 0.29) is 6.04 Å². The van der Waals surface area contributed by atoms with Gasteiger partial charge in [0.25, 0.3) is 0 Å². The Labute approximate surface area is 107 Å². The molecule has 0 aliphatic heterocycles. The van der Waals surface area contributed by atoms with Crippen LogP contribution in [0, 0.1) is 0 Å². The summed E-state index contributed by atoms with van der Waals surface area (Å²) in [5.41, 5.74) is 1.03. The summed E-state index contributed by atoms with van der Waals surface area (Å²) in [4.78, 5) is 4.51. The SMILES string of the molecule is COCC(C)Nc1nc2ccc(Br)cc2s1. The molecule has 2 aromatic rings. The summed E-state index contributed by atoms with van der Waals surface area (Å²) in [6.45, 7) is 2.76. The maximum atomic E-state index is 5.08. The quantitative estimate of drug-likeness (QED) is 0.938. The van der Waals surface area contributed by atoms with Crippen LogP contribution >= 0.6 is 27.3 Å². The van der Waals surface area contributed by atoms with Crippen molar-refractivity contribution in [3.8, 4) is 0 Å². The van der Waals surface area contributed by atoms with Gasteiger partial charge in [-0.15, -0.1) is 0 Å². The number of rotatable bonds is 4. The third kappa shape index (κ3) is 2.72. The lowest BCUT2D eigenvalue weighted by molar-refractivity contribution is 0.190. The van der Waals surface area contributed by atoms with E-state index < -0.39 is 0 Å². The molecule has 0 spiro atoms. The van der Waals surface area contributed by atoms with Crippen LogP contribution in [0.2, 0.25) is 0 Å². The Kier molecular flexibility index (Phi) is 3.78. The van der Waals surface area contributed by atoms with Gasteiger partial charge in [-0.05, 0) is 25.1 Å². The first-order chi connectivity index (χ1) is 7.69. The normalized spacial score (nSPS) is 12.9. The maximum absolute atomic E-state index is 5.08. The number of nitrogens with zero attached hydrogens (tertiary/aromatic N) is 1. The van der Waals surface area contributed by atoms with E-state index in [2.05, 4.69) is 39.2 Å². The van der Waals surface area contributed by atoms with E-state index in [1.807, 2.05) is 12.1 Å². The van der Waals surface area contributed by atoms with Gasteiger partial charge in [0, 0.05) is 17.6 Å². The van der Waals surface area contributed by atoms with E-state index in [9.17, 15) is 0 Å². The monoisotopic (exact) mass is 300 g/mol. The lowest BCUT2D eigenvalue weighted by Crippen LogP contribution is -2.20. The number of hydrogen-bond donors (Lipinski definition) is 1. The molecule has 0 radical (unpaired) electrons. The minimum absolute atomic E-state index is 0.272. The second kappa shape index (κ2) is 5.12. The van der Waals surface area contributed by atoms with Gasteiger partial charge in [-0.1, -0.05) is 27.3 Å². The molecule has 5 heteroatoms. The number of halogens is 1. The fourth-order valence-corrected chi connectivity index (χ4v) is 2.99. The Morgan fingerprint density at radius 2 is 2.38 bits per heavy atom. The zero-order valence-electron chi connectivity index (χ0n) is 9.16. The first-order valence-electron chi connectivity index (χ1n) is 5.00. The number of hydrogen-bond acceptors (Lipinski definition) is 4. The number of fused-ring (bicyclic) bond motifs is 1. The fourth-order valence-electron chi connectivity index (χ4n) is 1.46. The minimum atomic E-state index is 0.272. The Hall–Kier alpha value is -0.650. The largest absolute Gasteiger partial charge is 0.383 e. The Morgan fingerprint density at radius 3 is 3.12 bits per heavy atom. The molecule has 0 aliphatic rings. The minimum Gasteiger partial charge on any atom is -0.383 e. The van der Waals surface area contributed by atoms with Crippen molar-refractivity contribution in [2.24, 2.45) is 0 Å². The zero-order chi connectivity index (χ0) is 11.5. The highest BCUT2D eigenvalue weighted by Crippen LogP contribution is 2.28. The molecule has 0 saturated heterocycles. The molecule has 0 bridgehead atoms. The maximum Gasteiger partial charge on any atom is 0.184 e. The first kappa shape index (κ1) is 11.8. The molecule has 0 fully saturated rings. The molecule has 3 nitrogen and oxygen atoms in total. The molecular formula is C11H13BrN2OS. The van der Waals surface area contributed by atoms with Gasteiger partial charge in [-0.3, -0.25) is 0 Å². The molecule has 2 rings (SSSR count). The van der Waals surface area contributed by atoms with Gasteiger partial charge in [-0.2, -0.15) is 0 Å². The average Bonchev–Trinajstić information content (AvgIpc) is 2.59. The predicted molar refractivity (Wildman–Crippen MR) is 72.3 cm³/mol. The van der Waals surface area contributed by atoms with Crippen LogP contribution in [0.1, 0.15) is 6.92 Å². The van der Waals surface area contributed by atoms with E-state index in [1.54, 1.807) is 18.4 Å². The smallest absolute Gasteiger partial charge is 0.184 e. The molecule has 0 saturated carbocycles. The van der Waals surface area contributed by atoms with Crippen LogP contribution in [0.5, 0.6) is 0 Å². The van der Waals surface area contributed by atoms with E-state index >= 15 is 0 Å². The molecular weight excluding hydrogens is 288 g/mol. The summed E-state index contributed by atoms with van der Waals surface area (Å²) in [6.07, 6.45) is 0. The number of anilines is 1. The zero-order valence-corrected chi connectivity index (χ0v) is 11.6. The molecule has 1 heterocycles. The van der Waals surface area contributed by atoms with Gasteiger partial charge < -0.3 is 10.1 Å². The summed E-state index contributed by atoms with van der Waals surface area (Å²) in [6, 6.07) is 6.38. The van der Waals surface area contributed by atoms with Crippen molar-refractivity contribution in [3.63, 3.8) is 0 Å². The van der Waals surface area contributed by atoms with Gasteiger partial charge in [0.15, 0.2) is 5.13 Å². The average molecular weight is 301 g/mol. The summed E-state index contributed by atoms with van der Waals surface area (Å²) < 4.78 is 7.34. The van der Waals surface area contributed by atoms with E-state index in [0.717, 1.165) is 15.1 Å². The van der Waals surface area contributed by atoms with E-state index in [1.165, 1.54) is 4.70 Å². The van der Waals surface area contributed by atoms with Crippen LogP contribution in [0.25, 0.3) is 10.2 Å². The van der Waals surface area contributed by atoms with Crippen molar-refractivity contribution in [2.45, 2.75) is 13.0 Å². The van der Waals surface area contributed by atoms with E-state index in [4.69, 9.17) is 4.74 Å². The third-order valence-corrected chi connectivity index (χ3v) is 3.58. The number of aromatic nitrogens is 1. The molecule has 1 unspecified atom stereocenters. The van der Waals surface area contributed by atoms with Crippen molar-refractivity contribution >= 4 is 42.6 Å². The summed E-state index contributed by atoms with van der Waals surface area (Å²) in [5.74, 6) is 0. The molecule has 1 aromatic heterocycles. The van der Waals surface area contributed by atoms with Gasteiger partial charge in [0.1, 0.15) is 0 Å². The topological polar surface area (TPSA) is 34.1 Å². The predicted octanol–water partition coefficient (Wildman–Crippen LogP) is 3.51. The third-order valence-electron chi connectivity index (χ3n) is 2.14. The Balaban J connectivity index is 2.19. The highest BCUT2D eigenvalue weighted by molar-refractivity contribution is 9.10.